The summed E-state index contributed by atoms with van der Waals surface area (Å²) in [6.07, 6.45) is 9.67. The van der Waals surface area contributed by atoms with Crippen molar-refractivity contribution in [3.05, 3.63) is 46.3 Å². The highest BCUT2D eigenvalue weighted by Gasteiger charge is 2.60. The van der Waals surface area contributed by atoms with Crippen LogP contribution in [0.1, 0.15) is 88.0 Å². The van der Waals surface area contributed by atoms with Gasteiger partial charge in [-0.25, -0.2) is 0 Å². The lowest BCUT2D eigenvalue weighted by molar-refractivity contribution is -0.129. The van der Waals surface area contributed by atoms with E-state index in [4.69, 9.17) is 5.73 Å². The fourth-order valence-electron chi connectivity index (χ4n) is 7.15. The van der Waals surface area contributed by atoms with E-state index in [1.807, 2.05) is 20.8 Å². The van der Waals surface area contributed by atoms with Crippen molar-refractivity contribution in [1.82, 2.24) is 0 Å². The van der Waals surface area contributed by atoms with Crippen molar-refractivity contribution in [3.63, 3.8) is 0 Å². The summed E-state index contributed by atoms with van der Waals surface area (Å²) in [4.78, 5) is 24.8. The molecular formula is C29H43NO3. The summed E-state index contributed by atoms with van der Waals surface area (Å²) in [6.45, 7) is 19.6. The molecule has 3 aliphatic rings. The van der Waals surface area contributed by atoms with Gasteiger partial charge < -0.3 is 10.8 Å². The summed E-state index contributed by atoms with van der Waals surface area (Å²) in [5, 5.41) is 10.3. The monoisotopic (exact) mass is 453 g/mol. The molecule has 0 unspecified atom stereocenters. The predicted molar refractivity (Wildman–Crippen MR) is 134 cm³/mol. The van der Waals surface area contributed by atoms with Crippen LogP contribution in [0.2, 0.25) is 0 Å². The summed E-state index contributed by atoms with van der Waals surface area (Å²) in [5.74, 6) is 0.0352. The third kappa shape index (κ3) is 3.56. The zero-order chi connectivity index (χ0) is 25.1. The number of carbonyl (C=O) groups is 2. The summed E-state index contributed by atoms with van der Waals surface area (Å²) in [5.41, 5.74) is 8.88. The molecule has 4 atom stereocenters. The summed E-state index contributed by atoms with van der Waals surface area (Å²) < 4.78 is 0. The van der Waals surface area contributed by atoms with Crippen molar-refractivity contribution >= 4 is 11.7 Å². The molecule has 182 valence electrons. The highest BCUT2D eigenvalue weighted by atomic mass is 16.3. The average molecular weight is 454 g/mol. The molecule has 1 amide bonds. The zero-order valence-electron chi connectivity index (χ0n) is 22.1. The average Bonchev–Trinajstić information content (AvgIpc) is 2.73. The molecular weight excluding hydrogens is 410 g/mol. The van der Waals surface area contributed by atoms with Crippen LogP contribution in [-0.2, 0) is 9.59 Å². The number of allylic oxidation sites excluding steroid dienone is 7. The molecule has 3 aliphatic carbocycles. The normalized spacial score (nSPS) is 33.2. The molecule has 0 bridgehead atoms. The van der Waals surface area contributed by atoms with Gasteiger partial charge in [-0.2, -0.15) is 0 Å². The Hall–Kier alpha value is -2.10. The van der Waals surface area contributed by atoms with Gasteiger partial charge in [0.05, 0.1) is 0 Å². The van der Waals surface area contributed by atoms with Gasteiger partial charge in [0.15, 0.2) is 5.76 Å². The number of nitrogens with two attached hydrogens (primary N) is 1. The first-order valence-electron chi connectivity index (χ1n) is 12.5. The van der Waals surface area contributed by atoms with Crippen LogP contribution in [0.15, 0.2) is 46.3 Å². The number of fused-ring (bicyclic) bond motifs is 3. The van der Waals surface area contributed by atoms with Crippen LogP contribution in [0.3, 0.4) is 0 Å². The number of ketones is 1. The first-order chi connectivity index (χ1) is 15.1. The van der Waals surface area contributed by atoms with Gasteiger partial charge in [0.1, 0.15) is 0 Å². The second-order valence-electron chi connectivity index (χ2n) is 12.3. The first kappa shape index (κ1) is 25.5. The van der Waals surface area contributed by atoms with E-state index in [-0.39, 0.29) is 33.7 Å². The van der Waals surface area contributed by atoms with E-state index >= 15 is 0 Å². The van der Waals surface area contributed by atoms with E-state index in [0.29, 0.717) is 17.4 Å². The standard InChI is InChI=1S/C29H43NO3/c1-10-28(8)23-12-11-19-18(4)24(32)22(31)15-20(19)27(23,7)13-14-29(28,9)21(17(2)3)16-26(5,6)25(30)33/h11-12,15,17,21,32H,10,13-14,16H2,1-9H3,(H2,30,33)/t21-,27+,28-,29+/m1/s1. The Labute approximate surface area is 200 Å². The second-order valence-corrected chi connectivity index (χ2v) is 12.3. The lowest BCUT2D eigenvalue weighted by Crippen LogP contribution is -2.55. The number of rotatable bonds is 6. The Morgan fingerprint density at radius 3 is 2.30 bits per heavy atom. The first-order valence-corrected chi connectivity index (χ1v) is 12.5. The smallest absolute Gasteiger partial charge is 0.223 e. The Morgan fingerprint density at radius 1 is 1.18 bits per heavy atom. The topological polar surface area (TPSA) is 80.4 Å². The largest absolute Gasteiger partial charge is 0.504 e. The predicted octanol–water partition coefficient (Wildman–Crippen LogP) is 6.59. The Morgan fingerprint density at radius 2 is 1.79 bits per heavy atom. The minimum Gasteiger partial charge on any atom is -0.504 e. The molecule has 1 saturated carbocycles. The molecule has 3 N–H and O–H groups in total. The van der Waals surface area contributed by atoms with Crippen LogP contribution in [-0.4, -0.2) is 16.8 Å². The van der Waals surface area contributed by atoms with Gasteiger partial charge in [-0.3, -0.25) is 9.59 Å². The molecule has 1 fully saturated rings. The van der Waals surface area contributed by atoms with Gasteiger partial charge in [-0.05, 0) is 72.5 Å². The van der Waals surface area contributed by atoms with Crippen LogP contribution in [0, 0.1) is 33.5 Å². The van der Waals surface area contributed by atoms with Gasteiger partial charge in [0, 0.05) is 16.4 Å². The van der Waals surface area contributed by atoms with Crippen molar-refractivity contribution in [1.29, 1.82) is 0 Å². The zero-order valence-corrected chi connectivity index (χ0v) is 22.1. The van der Waals surface area contributed by atoms with Gasteiger partial charge in [-0.15, -0.1) is 0 Å². The van der Waals surface area contributed by atoms with E-state index in [1.165, 1.54) is 5.57 Å². The van der Waals surface area contributed by atoms with Crippen LogP contribution >= 0.6 is 0 Å². The van der Waals surface area contributed by atoms with Crippen LogP contribution in [0.4, 0.5) is 0 Å². The van der Waals surface area contributed by atoms with Gasteiger partial charge >= 0.3 is 0 Å². The highest BCUT2D eigenvalue weighted by Crippen LogP contribution is 2.69. The SMILES string of the molecule is CC[C@]1(C)C2=CC=C3C(=CC(=O)C(O)=C3C)[C@]2(C)CC[C@@]1(C)[C@H](CC(C)(C)C(N)=O)C(C)C. The number of primary amides is 1. The van der Waals surface area contributed by atoms with E-state index in [2.05, 4.69) is 53.7 Å². The molecule has 0 aromatic heterocycles. The number of hydrogen-bond donors (Lipinski definition) is 2. The van der Waals surface area contributed by atoms with Gasteiger partial charge in [-0.1, -0.05) is 73.1 Å². The maximum atomic E-state index is 12.6. The quantitative estimate of drug-likeness (QED) is 0.476. The van der Waals surface area contributed by atoms with Crippen LogP contribution in [0.25, 0.3) is 0 Å². The van der Waals surface area contributed by atoms with Crippen molar-refractivity contribution in [2.45, 2.75) is 88.0 Å². The lowest BCUT2D eigenvalue weighted by atomic mass is 9.41. The number of aliphatic hydroxyl groups is 1. The van der Waals surface area contributed by atoms with E-state index in [0.717, 1.165) is 36.8 Å². The number of amides is 1. The molecule has 4 heteroatoms. The van der Waals surface area contributed by atoms with Crippen molar-refractivity contribution < 1.29 is 14.7 Å². The molecule has 0 aliphatic heterocycles. The molecule has 0 radical (unpaired) electrons. The Balaban J connectivity index is 2.19. The third-order valence-electron chi connectivity index (χ3n) is 9.89. The molecule has 0 heterocycles. The van der Waals surface area contributed by atoms with E-state index in [9.17, 15) is 14.7 Å². The van der Waals surface area contributed by atoms with Crippen molar-refractivity contribution in [2.75, 3.05) is 0 Å². The lowest BCUT2D eigenvalue weighted by Gasteiger charge is -2.63. The summed E-state index contributed by atoms with van der Waals surface area (Å²) in [7, 11) is 0. The highest BCUT2D eigenvalue weighted by molar-refractivity contribution is 6.06. The molecule has 33 heavy (non-hydrogen) atoms. The third-order valence-corrected chi connectivity index (χ3v) is 9.89. The summed E-state index contributed by atoms with van der Waals surface area (Å²) >= 11 is 0. The molecule has 3 rings (SSSR count). The molecule has 4 nitrogen and oxygen atoms in total. The van der Waals surface area contributed by atoms with Crippen LogP contribution in [0.5, 0.6) is 0 Å². The summed E-state index contributed by atoms with van der Waals surface area (Å²) in [6, 6.07) is 0. The van der Waals surface area contributed by atoms with Crippen molar-refractivity contribution in [3.8, 4) is 0 Å². The minimum absolute atomic E-state index is 0.0361. The van der Waals surface area contributed by atoms with Crippen molar-refractivity contribution in [2.24, 2.45) is 39.2 Å². The molecule has 0 aromatic rings. The number of aliphatic hydroxyl groups excluding tert-OH is 1. The minimum atomic E-state index is -0.570. The number of carbonyl (C=O) groups excluding carboxylic acids is 2. The van der Waals surface area contributed by atoms with E-state index < -0.39 is 5.41 Å². The maximum absolute atomic E-state index is 12.6. The fraction of sp³-hybridized carbons (Fsp3) is 0.655. The van der Waals surface area contributed by atoms with E-state index in [1.54, 1.807) is 6.08 Å². The van der Waals surface area contributed by atoms with Gasteiger partial charge in [0.25, 0.3) is 0 Å². The van der Waals surface area contributed by atoms with Gasteiger partial charge in [0.2, 0.25) is 11.7 Å². The Kier molecular flexibility index (Phi) is 6.18. The van der Waals surface area contributed by atoms with Crippen LogP contribution < -0.4 is 5.73 Å². The second kappa shape index (κ2) is 7.99. The number of hydrogen-bond acceptors (Lipinski definition) is 3. The molecule has 0 saturated heterocycles. The Bertz CT molecular complexity index is 1010. The maximum Gasteiger partial charge on any atom is 0.223 e. The molecule has 0 aromatic carbocycles. The fourth-order valence-corrected chi connectivity index (χ4v) is 7.15. The molecule has 0 spiro atoms.